The maximum Gasteiger partial charge on any atom is 0.0406 e. The molecule has 0 atom stereocenters. The van der Waals surface area contributed by atoms with E-state index in [1.165, 1.54) is 0 Å². The Morgan fingerprint density at radius 1 is 1.25 bits per heavy atom. The Balaban J connectivity index is 0.000000561. The van der Waals surface area contributed by atoms with E-state index >= 15 is 0 Å². The molecule has 0 saturated heterocycles. The van der Waals surface area contributed by atoms with E-state index in [1.54, 1.807) is 6.08 Å². The minimum atomic E-state index is 0.751. The van der Waals surface area contributed by atoms with Crippen LogP contribution in [0, 0.1) is 0 Å². The van der Waals surface area contributed by atoms with E-state index in [0.29, 0.717) is 0 Å². The minimum Gasteiger partial charge on any atom is -0.128 e. The zero-order valence-electron chi connectivity index (χ0n) is 7.47. The zero-order chi connectivity index (χ0) is 9.40. The molecule has 1 rings (SSSR count). The normalized spacial score (nSPS) is 7.58. The second kappa shape index (κ2) is 6.72. The molecule has 0 aromatic heterocycles. The number of rotatable bonds is 1. The molecule has 0 nitrogen and oxygen atoms in total. The van der Waals surface area contributed by atoms with Crippen molar-refractivity contribution in [3.05, 3.63) is 47.2 Å². The van der Waals surface area contributed by atoms with Crippen LogP contribution in [0.4, 0.5) is 0 Å². The summed E-state index contributed by atoms with van der Waals surface area (Å²) in [5.41, 5.74) is 3.75. The molecule has 0 aliphatic rings. The number of hydrogen-bond donors (Lipinski definition) is 0. The summed E-state index contributed by atoms with van der Waals surface area (Å²) < 4.78 is 0. The Morgan fingerprint density at radius 2 is 1.75 bits per heavy atom. The van der Waals surface area contributed by atoms with E-state index in [2.05, 4.69) is 12.3 Å². The van der Waals surface area contributed by atoms with Crippen LogP contribution in [-0.4, -0.2) is 0 Å². The molecule has 0 bridgehead atoms. The molecular formula is C11H13Cl. The first kappa shape index (κ1) is 11.0. The molecule has 0 heterocycles. The molecule has 0 N–H and O–H groups in total. The fraction of sp³-hybridized carbons (Fsp3) is 0.182. The Hall–Kier alpha value is -0.970. The minimum absolute atomic E-state index is 0.751. The maximum atomic E-state index is 5.66. The molecule has 0 spiro atoms. The predicted octanol–water partition coefficient (Wildman–Crippen LogP) is 4.16. The lowest BCUT2D eigenvalue weighted by Gasteiger charge is -1.89. The topological polar surface area (TPSA) is 0 Å². The summed E-state index contributed by atoms with van der Waals surface area (Å²) in [5, 5.41) is 0.751. The summed E-state index contributed by atoms with van der Waals surface area (Å²) in [6.07, 6.45) is 1.80. The first-order valence-corrected chi connectivity index (χ1v) is 4.32. The van der Waals surface area contributed by atoms with Gasteiger partial charge in [0, 0.05) is 5.02 Å². The molecular weight excluding hydrogens is 168 g/mol. The van der Waals surface area contributed by atoms with Gasteiger partial charge in [-0.1, -0.05) is 44.2 Å². The third kappa shape index (κ3) is 4.02. The maximum absolute atomic E-state index is 5.66. The van der Waals surface area contributed by atoms with Crippen LogP contribution in [0.25, 0.3) is 6.08 Å². The molecule has 1 aromatic rings. The third-order valence-corrected chi connectivity index (χ3v) is 1.39. The molecule has 0 aliphatic carbocycles. The van der Waals surface area contributed by atoms with Gasteiger partial charge in [0.25, 0.3) is 0 Å². The lowest BCUT2D eigenvalue weighted by Crippen LogP contribution is -1.67. The number of halogens is 1. The zero-order valence-corrected chi connectivity index (χ0v) is 8.23. The molecule has 0 saturated carbocycles. The van der Waals surface area contributed by atoms with E-state index in [1.807, 2.05) is 38.1 Å². The van der Waals surface area contributed by atoms with Gasteiger partial charge in [-0.05, 0) is 23.8 Å². The van der Waals surface area contributed by atoms with Crippen molar-refractivity contribution in [1.82, 2.24) is 0 Å². The van der Waals surface area contributed by atoms with Crippen molar-refractivity contribution in [2.45, 2.75) is 13.8 Å². The van der Waals surface area contributed by atoms with Gasteiger partial charge in [-0.15, -0.1) is 5.73 Å². The van der Waals surface area contributed by atoms with E-state index in [0.717, 1.165) is 10.6 Å². The highest BCUT2D eigenvalue weighted by atomic mass is 35.5. The molecule has 0 unspecified atom stereocenters. The fourth-order valence-corrected chi connectivity index (χ4v) is 0.803. The average Bonchev–Trinajstić information content (AvgIpc) is 2.13. The van der Waals surface area contributed by atoms with Crippen LogP contribution in [-0.2, 0) is 0 Å². The average molecular weight is 181 g/mol. The van der Waals surface area contributed by atoms with Crippen molar-refractivity contribution in [2.75, 3.05) is 0 Å². The predicted molar refractivity (Wildman–Crippen MR) is 56.4 cm³/mol. The summed E-state index contributed by atoms with van der Waals surface area (Å²) in [6, 6.07) is 7.51. The monoisotopic (exact) mass is 180 g/mol. The van der Waals surface area contributed by atoms with Crippen molar-refractivity contribution in [1.29, 1.82) is 0 Å². The Morgan fingerprint density at radius 3 is 2.17 bits per heavy atom. The first-order valence-electron chi connectivity index (χ1n) is 3.94. The Labute approximate surface area is 79.2 Å². The van der Waals surface area contributed by atoms with Gasteiger partial charge >= 0.3 is 0 Å². The van der Waals surface area contributed by atoms with Crippen LogP contribution in [0.15, 0.2) is 36.6 Å². The lowest BCUT2D eigenvalue weighted by molar-refractivity contribution is 1.50. The third-order valence-electron chi connectivity index (χ3n) is 1.14. The summed E-state index contributed by atoms with van der Waals surface area (Å²) >= 11 is 5.66. The Kier molecular flexibility index (Phi) is 6.18. The van der Waals surface area contributed by atoms with Gasteiger partial charge in [0.1, 0.15) is 0 Å². The van der Waals surface area contributed by atoms with Crippen molar-refractivity contribution in [3.8, 4) is 0 Å². The lowest BCUT2D eigenvalue weighted by atomic mass is 10.2. The molecule has 0 fully saturated rings. The molecule has 64 valence electrons. The van der Waals surface area contributed by atoms with Crippen LogP contribution in [0.3, 0.4) is 0 Å². The van der Waals surface area contributed by atoms with Crippen LogP contribution < -0.4 is 0 Å². The highest BCUT2D eigenvalue weighted by molar-refractivity contribution is 6.30. The van der Waals surface area contributed by atoms with Gasteiger partial charge in [-0.25, -0.2) is 0 Å². The quantitative estimate of drug-likeness (QED) is 0.570. The van der Waals surface area contributed by atoms with Gasteiger partial charge in [0.15, 0.2) is 0 Å². The van der Waals surface area contributed by atoms with Crippen molar-refractivity contribution in [3.63, 3.8) is 0 Å². The summed E-state index contributed by atoms with van der Waals surface area (Å²) in [4.78, 5) is 0. The second-order valence-corrected chi connectivity index (χ2v) is 2.34. The largest absolute Gasteiger partial charge is 0.128 e. The van der Waals surface area contributed by atoms with Gasteiger partial charge in [0.05, 0.1) is 0 Å². The van der Waals surface area contributed by atoms with Gasteiger partial charge in [-0.2, -0.15) is 0 Å². The van der Waals surface area contributed by atoms with Gasteiger partial charge in [0.2, 0.25) is 0 Å². The van der Waals surface area contributed by atoms with Crippen LogP contribution in [0.1, 0.15) is 19.4 Å². The highest BCUT2D eigenvalue weighted by Crippen LogP contribution is 2.09. The van der Waals surface area contributed by atoms with E-state index in [4.69, 9.17) is 11.6 Å². The van der Waals surface area contributed by atoms with E-state index < -0.39 is 0 Å². The van der Waals surface area contributed by atoms with Gasteiger partial charge < -0.3 is 0 Å². The molecule has 12 heavy (non-hydrogen) atoms. The SMILES string of the molecule is C=C=Cc1ccc(Cl)cc1.CC. The van der Waals surface area contributed by atoms with Crippen LogP contribution in [0.5, 0.6) is 0 Å². The van der Waals surface area contributed by atoms with Gasteiger partial charge in [-0.3, -0.25) is 0 Å². The van der Waals surface area contributed by atoms with Crippen LogP contribution >= 0.6 is 11.6 Å². The fourth-order valence-electron chi connectivity index (χ4n) is 0.677. The molecule has 1 heteroatoms. The summed E-state index contributed by atoms with van der Waals surface area (Å²) in [6.45, 7) is 7.46. The van der Waals surface area contributed by atoms with E-state index in [9.17, 15) is 0 Å². The van der Waals surface area contributed by atoms with Crippen molar-refractivity contribution in [2.24, 2.45) is 0 Å². The van der Waals surface area contributed by atoms with E-state index in [-0.39, 0.29) is 0 Å². The molecule has 0 radical (unpaired) electrons. The number of hydrogen-bond acceptors (Lipinski definition) is 0. The Bertz CT molecular complexity index is 253. The summed E-state index contributed by atoms with van der Waals surface area (Å²) in [7, 11) is 0. The smallest absolute Gasteiger partial charge is 0.0406 e. The van der Waals surface area contributed by atoms with Crippen molar-refractivity contribution < 1.29 is 0 Å². The number of benzene rings is 1. The first-order chi connectivity index (χ1) is 5.83. The molecule has 0 amide bonds. The second-order valence-electron chi connectivity index (χ2n) is 1.90. The molecule has 0 aliphatic heterocycles. The highest BCUT2D eigenvalue weighted by Gasteiger charge is 1.84. The standard InChI is InChI=1S/C9H7Cl.C2H6/c1-2-3-8-4-6-9(10)7-5-8;1-2/h3-7H,1H2;1-2H3. The molecule has 1 aromatic carbocycles. The van der Waals surface area contributed by atoms with Crippen molar-refractivity contribution >= 4 is 17.7 Å². The van der Waals surface area contributed by atoms with Crippen LogP contribution in [0.2, 0.25) is 5.02 Å². The summed E-state index contributed by atoms with van der Waals surface area (Å²) in [5.74, 6) is 0.